The molecule has 14 heavy (non-hydrogen) atoms. The molecule has 0 aliphatic rings. The highest BCUT2D eigenvalue weighted by Gasteiger charge is 2.12. The van der Waals surface area contributed by atoms with Crippen LogP contribution in [0.25, 0.3) is 0 Å². The monoisotopic (exact) mass is 218 g/mol. The van der Waals surface area contributed by atoms with Gasteiger partial charge in [0.25, 0.3) is 0 Å². The van der Waals surface area contributed by atoms with Crippen molar-refractivity contribution < 1.29 is 9.53 Å². The molecule has 0 saturated carbocycles. The van der Waals surface area contributed by atoms with Gasteiger partial charge in [-0.1, -0.05) is 20.8 Å². The fourth-order valence-electron chi connectivity index (χ4n) is 0.993. The van der Waals surface area contributed by atoms with Gasteiger partial charge in [0.15, 0.2) is 0 Å². The van der Waals surface area contributed by atoms with Crippen LogP contribution in [0.1, 0.15) is 27.2 Å². The number of rotatable bonds is 8. The fourth-order valence-corrected chi connectivity index (χ4v) is 2.07. The second-order valence-corrected chi connectivity index (χ2v) is 5.09. The first-order chi connectivity index (χ1) is 6.57. The van der Waals surface area contributed by atoms with Crippen LogP contribution >= 0.6 is 11.8 Å². The van der Waals surface area contributed by atoms with Gasteiger partial charge in [-0.15, -0.1) is 0 Å². The van der Waals surface area contributed by atoms with Crippen molar-refractivity contribution in [3.63, 3.8) is 0 Å². The van der Waals surface area contributed by atoms with Gasteiger partial charge in [-0.2, -0.15) is 11.8 Å². The molecule has 1 unspecified atom stereocenters. The molecule has 0 aliphatic heterocycles. The molecule has 1 atom stereocenters. The van der Waals surface area contributed by atoms with E-state index in [1.54, 1.807) is 18.9 Å². The third-order valence-electron chi connectivity index (χ3n) is 2.00. The number of hydrogen-bond donors (Lipinski definition) is 0. The van der Waals surface area contributed by atoms with E-state index in [-0.39, 0.29) is 5.92 Å². The summed E-state index contributed by atoms with van der Waals surface area (Å²) < 4.78 is 4.95. The third kappa shape index (κ3) is 7.39. The zero-order valence-corrected chi connectivity index (χ0v) is 10.5. The smallest absolute Gasteiger partial charge is 0.145 e. The van der Waals surface area contributed by atoms with E-state index in [4.69, 9.17) is 4.74 Å². The summed E-state index contributed by atoms with van der Waals surface area (Å²) in [5.74, 6) is 2.90. The molecule has 2 nitrogen and oxygen atoms in total. The summed E-state index contributed by atoms with van der Waals surface area (Å²) in [6.45, 7) is 7.01. The first-order valence-electron chi connectivity index (χ1n) is 5.17. The average molecular weight is 218 g/mol. The topological polar surface area (TPSA) is 26.3 Å². The van der Waals surface area contributed by atoms with Crippen molar-refractivity contribution >= 4 is 17.5 Å². The number of thioether (sulfide) groups is 1. The van der Waals surface area contributed by atoms with Gasteiger partial charge in [0, 0.05) is 19.6 Å². The number of carbonyl (C=O) groups is 1. The van der Waals surface area contributed by atoms with Crippen molar-refractivity contribution in [2.24, 2.45) is 11.8 Å². The van der Waals surface area contributed by atoms with E-state index in [9.17, 15) is 4.79 Å². The Hall–Kier alpha value is -0.0200. The van der Waals surface area contributed by atoms with E-state index < -0.39 is 0 Å². The molecule has 0 fully saturated rings. The summed E-state index contributed by atoms with van der Waals surface area (Å²) in [6.07, 6.45) is 0.845. The minimum Gasteiger partial charge on any atom is -0.385 e. The molecule has 0 aromatic carbocycles. The lowest BCUT2D eigenvalue weighted by molar-refractivity contribution is -0.120. The number of Topliss-reactive ketones (excluding diaryl/α,β-unsaturated/α-hetero) is 1. The van der Waals surface area contributed by atoms with Crippen molar-refractivity contribution in [3.05, 3.63) is 0 Å². The fraction of sp³-hybridized carbons (Fsp3) is 0.909. The lowest BCUT2D eigenvalue weighted by Gasteiger charge is -2.10. The van der Waals surface area contributed by atoms with Crippen LogP contribution in [-0.2, 0) is 9.53 Å². The Bertz CT molecular complexity index is 157. The van der Waals surface area contributed by atoms with Crippen LogP contribution in [0.2, 0.25) is 0 Å². The summed E-state index contributed by atoms with van der Waals surface area (Å²) in [5.41, 5.74) is 0. The van der Waals surface area contributed by atoms with Crippen LogP contribution < -0.4 is 0 Å². The Morgan fingerprint density at radius 1 is 1.36 bits per heavy atom. The summed E-state index contributed by atoms with van der Waals surface area (Å²) >= 11 is 1.74. The lowest BCUT2D eigenvalue weighted by Crippen LogP contribution is -2.15. The number of carbonyl (C=O) groups excluding carboxylic acids is 1. The Kier molecular flexibility index (Phi) is 8.29. The second kappa shape index (κ2) is 8.30. The van der Waals surface area contributed by atoms with E-state index in [1.807, 2.05) is 6.92 Å². The number of methoxy groups -OCH3 is 1. The van der Waals surface area contributed by atoms with E-state index >= 15 is 0 Å². The van der Waals surface area contributed by atoms with Gasteiger partial charge < -0.3 is 4.74 Å². The summed E-state index contributed by atoms with van der Waals surface area (Å²) in [4.78, 5) is 11.6. The number of ketones is 1. The molecule has 0 aromatic rings. The molecule has 0 spiro atoms. The van der Waals surface area contributed by atoms with E-state index in [1.165, 1.54) is 0 Å². The van der Waals surface area contributed by atoms with Crippen LogP contribution in [0.4, 0.5) is 0 Å². The number of hydrogen-bond acceptors (Lipinski definition) is 3. The van der Waals surface area contributed by atoms with Crippen LogP contribution in [0.5, 0.6) is 0 Å². The molecule has 0 amide bonds. The molecular formula is C11H22O2S. The molecule has 0 N–H and O–H groups in total. The van der Waals surface area contributed by atoms with Gasteiger partial charge in [-0.25, -0.2) is 0 Å². The maximum Gasteiger partial charge on any atom is 0.145 e. The zero-order valence-electron chi connectivity index (χ0n) is 9.71. The van der Waals surface area contributed by atoms with Gasteiger partial charge in [0.2, 0.25) is 0 Å². The van der Waals surface area contributed by atoms with Crippen molar-refractivity contribution in [1.82, 2.24) is 0 Å². The molecule has 0 aliphatic carbocycles. The summed E-state index contributed by atoms with van der Waals surface area (Å²) in [6, 6.07) is 0. The predicted octanol–water partition coefficient (Wildman–Crippen LogP) is 2.62. The molecule has 0 bridgehead atoms. The Labute approximate surface area is 91.8 Å². The van der Waals surface area contributed by atoms with Gasteiger partial charge in [-0.05, 0) is 18.1 Å². The van der Waals surface area contributed by atoms with Crippen molar-refractivity contribution in [2.75, 3.05) is 25.2 Å². The maximum absolute atomic E-state index is 11.6. The predicted molar refractivity (Wildman–Crippen MR) is 62.8 cm³/mol. The average Bonchev–Trinajstić information content (AvgIpc) is 2.13. The third-order valence-corrected chi connectivity index (χ3v) is 3.39. The molecule has 3 heteroatoms. The van der Waals surface area contributed by atoms with E-state index in [0.717, 1.165) is 12.2 Å². The van der Waals surface area contributed by atoms with Gasteiger partial charge >= 0.3 is 0 Å². The minimum absolute atomic E-state index is 0.148. The first kappa shape index (κ1) is 14.0. The normalized spacial score (nSPS) is 13.2. The van der Waals surface area contributed by atoms with Crippen LogP contribution in [0, 0.1) is 11.8 Å². The quantitative estimate of drug-likeness (QED) is 0.626. The van der Waals surface area contributed by atoms with Crippen molar-refractivity contribution in [1.29, 1.82) is 0 Å². The molecule has 0 saturated heterocycles. The molecule has 0 radical (unpaired) electrons. The highest BCUT2D eigenvalue weighted by molar-refractivity contribution is 7.99. The molecule has 84 valence electrons. The minimum atomic E-state index is 0.148. The standard InChI is InChI=1S/C11H22O2S/c1-9(2)7-14-8-11(12)10(3)5-6-13-4/h9-10H,5-8H2,1-4H3. The van der Waals surface area contributed by atoms with Crippen LogP contribution in [0.3, 0.4) is 0 Å². The largest absolute Gasteiger partial charge is 0.385 e. The van der Waals surface area contributed by atoms with Gasteiger partial charge in [0.1, 0.15) is 5.78 Å². The molecular weight excluding hydrogens is 196 g/mol. The second-order valence-electron chi connectivity index (χ2n) is 4.06. The Balaban J connectivity index is 3.52. The highest BCUT2D eigenvalue weighted by atomic mass is 32.2. The molecule has 0 rings (SSSR count). The van der Waals surface area contributed by atoms with E-state index in [2.05, 4.69) is 13.8 Å². The van der Waals surface area contributed by atoms with Gasteiger partial charge in [-0.3, -0.25) is 4.79 Å². The molecule has 0 aromatic heterocycles. The maximum atomic E-state index is 11.6. The SMILES string of the molecule is COCCC(C)C(=O)CSCC(C)C. The Morgan fingerprint density at radius 3 is 2.50 bits per heavy atom. The van der Waals surface area contributed by atoms with Crippen LogP contribution in [0.15, 0.2) is 0 Å². The number of ether oxygens (including phenoxy) is 1. The van der Waals surface area contributed by atoms with Gasteiger partial charge in [0.05, 0.1) is 5.75 Å². The lowest BCUT2D eigenvalue weighted by atomic mass is 10.1. The summed E-state index contributed by atoms with van der Waals surface area (Å²) in [5, 5.41) is 0. The first-order valence-corrected chi connectivity index (χ1v) is 6.32. The molecule has 0 heterocycles. The highest BCUT2D eigenvalue weighted by Crippen LogP contribution is 2.12. The zero-order chi connectivity index (χ0) is 11.0. The van der Waals surface area contributed by atoms with Crippen molar-refractivity contribution in [3.8, 4) is 0 Å². The van der Waals surface area contributed by atoms with E-state index in [0.29, 0.717) is 24.1 Å². The summed E-state index contributed by atoms with van der Waals surface area (Å²) in [7, 11) is 1.67. The Morgan fingerprint density at radius 2 is 2.00 bits per heavy atom. The van der Waals surface area contributed by atoms with Crippen molar-refractivity contribution in [2.45, 2.75) is 27.2 Å². The van der Waals surface area contributed by atoms with Crippen LogP contribution in [-0.4, -0.2) is 31.0 Å².